The SMILES string of the molecule is COc1cccc(F)c1-c1nc(Nc2cc(N3CC[C@@H](F)[C@H](N)C3)c(-c3cnn(C(F)F)c3)cn2)ccc1[N+](=O)[O-].Cl. The first-order valence-corrected chi connectivity index (χ1v) is 12.4. The molecule has 0 aliphatic carbocycles. The van der Waals surface area contributed by atoms with Gasteiger partial charge in [-0.05, 0) is 24.6 Å². The second kappa shape index (κ2) is 12.6. The van der Waals surface area contributed by atoms with Crippen LogP contribution in [0.5, 0.6) is 5.75 Å². The lowest BCUT2D eigenvalue weighted by Gasteiger charge is -2.35. The molecule has 1 aliphatic rings. The van der Waals surface area contributed by atoms with Gasteiger partial charge in [-0.1, -0.05) is 6.07 Å². The fourth-order valence-corrected chi connectivity index (χ4v) is 4.64. The zero-order valence-electron chi connectivity index (χ0n) is 22.0. The first-order chi connectivity index (χ1) is 19.7. The summed E-state index contributed by atoms with van der Waals surface area (Å²) in [4.78, 5) is 21.5. The smallest absolute Gasteiger partial charge is 0.333 e. The van der Waals surface area contributed by atoms with E-state index in [9.17, 15) is 27.7 Å². The largest absolute Gasteiger partial charge is 0.496 e. The third-order valence-electron chi connectivity index (χ3n) is 6.66. The van der Waals surface area contributed by atoms with Crippen LogP contribution < -0.4 is 20.7 Å². The van der Waals surface area contributed by atoms with E-state index in [4.69, 9.17) is 10.5 Å². The molecule has 0 spiro atoms. The van der Waals surface area contributed by atoms with Crippen LogP contribution in [0.2, 0.25) is 0 Å². The summed E-state index contributed by atoms with van der Waals surface area (Å²) >= 11 is 0. The van der Waals surface area contributed by atoms with Crippen LogP contribution in [0.15, 0.2) is 55.0 Å². The van der Waals surface area contributed by atoms with Crippen molar-refractivity contribution in [3.8, 4) is 28.1 Å². The van der Waals surface area contributed by atoms with Gasteiger partial charge < -0.3 is 20.7 Å². The predicted molar refractivity (Wildman–Crippen MR) is 150 cm³/mol. The lowest BCUT2D eigenvalue weighted by atomic mass is 10.0. The number of pyridine rings is 2. The number of nitrogens with one attached hydrogen (secondary N) is 1. The molecule has 1 aliphatic heterocycles. The van der Waals surface area contributed by atoms with E-state index in [1.165, 1.54) is 50.0 Å². The van der Waals surface area contributed by atoms with Gasteiger partial charge in [0.05, 0.1) is 29.8 Å². The molecule has 0 amide bonds. The van der Waals surface area contributed by atoms with Crippen molar-refractivity contribution in [3.63, 3.8) is 0 Å². The molecule has 1 aromatic carbocycles. The number of hydrogen-bond donors (Lipinski definition) is 2. The number of halogens is 5. The van der Waals surface area contributed by atoms with Crippen LogP contribution in [-0.4, -0.2) is 57.1 Å². The molecule has 4 aromatic rings. The summed E-state index contributed by atoms with van der Waals surface area (Å²) < 4.78 is 61.0. The van der Waals surface area contributed by atoms with Gasteiger partial charge in [0.15, 0.2) is 5.69 Å². The Morgan fingerprint density at radius 3 is 2.67 bits per heavy atom. The molecule has 5 rings (SSSR count). The molecule has 0 saturated carbocycles. The van der Waals surface area contributed by atoms with Crippen molar-refractivity contribution >= 4 is 35.4 Å². The van der Waals surface area contributed by atoms with Crippen molar-refractivity contribution in [3.05, 3.63) is 70.9 Å². The zero-order valence-corrected chi connectivity index (χ0v) is 22.8. The number of anilines is 3. The highest BCUT2D eigenvalue weighted by Crippen LogP contribution is 2.39. The van der Waals surface area contributed by atoms with Crippen LogP contribution >= 0.6 is 12.4 Å². The fraction of sp³-hybridized carbons (Fsp3) is 0.269. The van der Waals surface area contributed by atoms with Crippen LogP contribution in [0, 0.1) is 15.9 Å². The number of benzene rings is 1. The van der Waals surface area contributed by atoms with E-state index in [2.05, 4.69) is 20.4 Å². The van der Waals surface area contributed by atoms with E-state index in [1.54, 1.807) is 6.07 Å². The number of ether oxygens (including phenoxy) is 1. The van der Waals surface area contributed by atoms with Crippen LogP contribution in [0.25, 0.3) is 22.4 Å². The lowest BCUT2D eigenvalue weighted by Crippen LogP contribution is -2.49. The van der Waals surface area contributed by atoms with Crippen LogP contribution in [0.1, 0.15) is 13.0 Å². The van der Waals surface area contributed by atoms with Crippen LogP contribution in [0.3, 0.4) is 0 Å². The Labute approximate surface area is 242 Å². The Morgan fingerprint density at radius 2 is 2.00 bits per heavy atom. The molecule has 0 unspecified atom stereocenters. The van der Waals surface area contributed by atoms with Gasteiger partial charge in [-0.2, -0.15) is 13.9 Å². The number of nitrogens with zero attached hydrogens (tertiary/aromatic N) is 6. The average molecular weight is 609 g/mol. The minimum absolute atomic E-state index is 0. The summed E-state index contributed by atoms with van der Waals surface area (Å²) in [7, 11) is 1.31. The second-order valence-corrected chi connectivity index (χ2v) is 9.25. The molecule has 1 fully saturated rings. The quantitative estimate of drug-likeness (QED) is 0.151. The minimum atomic E-state index is -2.84. The summed E-state index contributed by atoms with van der Waals surface area (Å²) in [6, 6.07) is 7.35. The molecule has 42 heavy (non-hydrogen) atoms. The lowest BCUT2D eigenvalue weighted by molar-refractivity contribution is -0.384. The van der Waals surface area contributed by atoms with E-state index < -0.39 is 35.2 Å². The first kappa shape index (κ1) is 30.5. The number of nitrogens with two attached hydrogens (primary N) is 1. The molecular formula is C26H25ClF4N8O3. The van der Waals surface area contributed by atoms with Gasteiger partial charge in [0.2, 0.25) is 0 Å². The fourth-order valence-electron chi connectivity index (χ4n) is 4.64. The number of piperidine rings is 1. The average Bonchev–Trinajstić information content (AvgIpc) is 3.45. The Hall–Kier alpha value is -4.50. The first-order valence-electron chi connectivity index (χ1n) is 12.4. The van der Waals surface area contributed by atoms with Crippen LogP contribution in [0.4, 0.5) is 40.6 Å². The molecule has 222 valence electrons. The molecule has 3 N–H and O–H groups in total. The molecule has 16 heteroatoms. The van der Waals surface area contributed by atoms with Gasteiger partial charge in [-0.25, -0.2) is 23.4 Å². The van der Waals surface area contributed by atoms with Crippen molar-refractivity contribution in [2.45, 2.75) is 25.2 Å². The zero-order chi connectivity index (χ0) is 29.3. The summed E-state index contributed by atoms with van der Waals surface area (Å²) in [5.74, 6) is -0.376. The van der Waals surface area contributed by atoms with E-state index in [1.807, 2.05) is 4.90 Å². The van der Waals surface area contributed by atoms with Gasteiger partial charge in [0, 0.05) is 54.4 Å². The molecule has 2 atom stereocenters. The number of nitro groups is 1. The molecule has 11 nitrogen and oxygen atoms in total. The number of methoxy groups -OCH3 is 1. The summed E-state index contributed by atoms with van der Waals surface area (Å²) in [5.41, 5.74) is 6.43. The van der Waals surface area contributed by atoms with Gasteiger partial charge in [-0.3, -0.25) is 10.1 Å². The maximum atomic E-state index is 14.8. The van der Waals surface area contributed by atoms with Crippen molar-refractivity contribution in [1.82, 2.24) is 19.7 Å². The van der Waals surface area contributed by atoms with Crippen molar-refractivity contribution < 1.29 is 27.2 Å². The standard InChI is InChI=1S/C26H24F4N8O3.ClH/c1-41-21-4-2-3-17(28)24(21)25-19(38(39)40)5-6-22(35-25)34-23-9-20(36-8-7-16(27)18(31)13-36)15(11-32-23)14-10-33-37(12-14)26(29)30;/h2-6,9-12,16,18,26H,7-8,13,31H2,1H3,(H,32,34,35);1H/t16-,18-;/m1./s1. The Kier molecular flexibility index (Phi) is 9.11. The topological polar surface area (TPSA) is 137 Å². The van der Waals surface area contributed by atoms with Gasteiger partial charge in [0.25, 0.3) is 5.69 Å². The molecule has 1 saturated heterocycles. The van der Waals surface area contributed by atoms with Crippen molar-refractivity contribution in [1.29, 1.82) is 0 Å². The summed E-state index contributed by atoms with van der Waals surface area (Å²) in [6.07, 6.45) is 2.86. The number of hydrogen-bond acceptors (Lipinski definition) is 9. The summed E-state index contributed by atoms with van der Waals surface area (Å²) in [5, 5.41) is 18.4. The highest BCUT2D eigenvalue weighted by atomic mass is 35.5. The normalized spacial score (nSPS) is 16.7. The third-order valence-corrected chi connectivity index (χ3v) is 6.66. The monoisotopic (exact) mass is 608 g/mol. The molecule has 0 bridgehead atoms. The maximum absolute atomic E-state index is 14.8. The summed E-state index contributed by atoms with van der Waals surface area (Å²) in [6.45, 7) is -2.37. The molecule has 0 radical (unpaired) electrons. The molecular weight excluding hydrogens is 584 g/mol. The number of rotatable bonds is 8. The molecule has 3 aromatic heterocycles. The van der Waals surface area contributed by atoms with E-state index in [0.29, 0.717) is 28.0 Å². The van der Waals surface area contributed by atoms with Crippen molar-refractivity contribution in [2.24, 2.45) is 5.73 Å². The molecule has 4 heterocycles. The van der Waals surface area contributed by atoms with Gasteiger partial charge in [0.1, 0.15) is 29.4 Å². The number of alkyl halides is 3. The van der Waals surface area contributed by atoms with E-state index >= 15 is 0 Å². The van der Waals surface area contributed by atoms with Gasteiger partial charge >= 0.3 is 6.55 Å². The Bertz CT molecular complexity index is 1590. The van der Waals surface area contributed by atoms with E-state index in [0.717, 1.165) is 6.07 Å². The maximum Gasteiger partial charge on any atom is 0.333 e. The second-order valence-electron chi connectivity index (χ2n) is 9.25. The van der Waals surface area contributed by atoms with E-state index in [-0.39, 0.29) is 54.0 Å². The Morgan fingerprint density at radius 1 is 1.21 bits per heavy atom. The highest BCUT2D eigenvalue weighted by Gasteiger charge is 2.29. The minimum Gasteiger partial charge on any atom is -0.496 e. The van der Waals surface area contributed by atoms with Crippen molar-refractivity contribution in [2.75, 3.05) is 30.4 Å². The van der Waals surface area contributed by atoms with Gasteiger partial charge in [-0.15, -0.1) is 12.4 Å². The van der Waals surface area contributed by atoms with Crippen LogP contribution in [-0.2, 0) is 0 Å². The highest BCUT2D eigenvalue weighted by molar-refractivity contribution is 5.85. The third kappa shape index (κ3) is 6.06. The Balaban J connectivity index is 0.00000405. The number of aromatic nitrogens is 4. The predicted octanol–water partition coefficient (Wildman–Crippen LogP) is 5.50.